The number of carbonyl (C=O) groups excluding carboxylic acids is 2. The third-order valence-corrected chi connectivity index (χ3v) is 7.88. The van der Waals surface area contributed by atoms with Crippen molar-refractivity contribution in [2.75, 3.05) is 26.6 Å². The Morgan fingerprint density at radius 1 is 0.903 bits per heavy atom. The van der Waals surface area contributed by atoms with Crippen LogP contribution < -0.4 is 0 Å². The van der Waals surface area contributed by atoms with Crippen molar-refractivity contribution in [1.82, 2.24) is 0 Å². The summed E-state index contributed by atoms with van der Waals surface area (Å²) in [5.41, 5.74) is 0.746. The van der Waals surface area contributed by atoms with Crippen LogP contribution in [0, 0.1) is 29.1 Å². The topological polar surface area (TPSA) is 71.1 Å². The smallest absolute Gasteiger partial charge is 0.333 e. The van der Waals surface area contributed by atoms with Gasteiger partial charge in [-0.15, -0.1) is 0 Å². The number of hydrogen-bond acceptors (Lipinski definition) is 6. The van der Waals surface area contributed by atoms with Gasteiger partial charge in [0.15, 0.2) is 6.79 Å². The Labute approximate surface area is 186 Å². The Kier molecular flexibility index (Phi) is 7.37. The first kappa shape index (κ1) is 22.8. The second kappa shape index (κ2) is 10.0. The highest BCUT2D eigenvalue weighted by Crippen LogP contribution is 2.60. The molecule has 5 fully saturated rings. The van der Waals surface area contributed by atoms with Crippen LogP contribution in [0.4, 0.5) is 0 Å². The highest BCUT2D eigenvalue weighted by molar-refractivity contribution is 5.86. The zero-order valence-electron chi connectivity index (χ0n) is 18.9. The van der Waals surface area contributed by atoms with Crippen LogP contribution in [0.1, 0.15) is 71.1 Å². The molecule has 0 aliphatic heterocycles. The predicted octanol–water partition coefficient (Wildman–Crippen LogP) is 4.41. The van der Waals surface area contributed by atoms with E-state index < -0.39 is 0 Å². The summed E-state index contributed by atoms with van der Waals surface area (Å²) in [6.45, 7) is 6.61. The monoisotopic (exact) mass is 434 g/mol. The van der Waals surface area contributed by atoms with Crippen LogP contribution in [-0.4, -0.2) is 44.7 Å². The molecule has 0 unspecified atom stereocenters. The Morgan fingerprint density at radius 3 is 2.10 bits per heavy atom. The number of esters is 2. The molecule has 5 aliphatic rings. The maximum atomic E-state index is 12.4. The van der Waals surface area contributed by atoms with Crippen LogP contribution in [0.3, 0.4) is 0 Å². The molecule has 6 nitrogen and oxygen atoms in total. The molecule has 5 aliphatic carbocycles. The molecule has 0 aromatic rings. The van der Waals surface area contributed by atoms with Crippen LogP contribution in [0.2, 0.25) is 0 Å². The average molecular weight is 435 g/mol. The van der Waals surface area contributed by atoms with Gasteiger partial charge in [-0.25, -0.2) is 4.79 Å². The zero-order chi connectivity index (χ0) is 21.8. The molecule has 0 N–H and O–H groups in total. The van der Waals surface area contributed by atoms with Gasteiger partial charge in [-0.1, -0.05) is 6.58 Å². The van der Waals surface area contributed by atoms with E-state index in [1.54, 1.807) is 6.92 Å². The van der Waals surface area contributed by atoms with Crippen molar-refractivity contribution in [1.29, 1.82) is 0 Å². The Balaban J connectivity index is 1.07. The van der Waals surface area contributed by atoms with Crippen LogP contribution in [0.5, 0.6) is 0 Å². The molecule has 174 valence electrons. The molecule has 0 aromatic heterocycles. The fraction of sp³-hybridized carbons (Fsp3) is 0.840. The van der Waals surface area contributed by atoms with Gasteiger partial charge in [0.05, 0.1) is 25.2 Å². The SMILES string of the molecule is C=C(C)C(=O)OCCOC1CCC(C(=O)OCOCC23CC4CC(CC(C4)C2)C3)CC1. The predicted molar refractivity (Wildman–Crippen MR) is 115 cm³/mol. The molecular formula is C25H38O6. The van der Waals surface area contributed by atoms with Crippen LogP contribution in [-0.2, 0) is 28.5 Å². The number of ether oxygens (including phenoxy) is 4. The van der Waals surface area contributed by atoms with Crippen molar-refractivity contribution in [2.24, 2.45) is 29.1 Å². The number of carbonyl (C=O) groups is 2. The lowest BCUT2D eigenvalue weighted by atomic mass is 9.50. The van der Waals surface area contributed by atoms with E-state index in [2.05, 4.69) is 6.58 Å². The van der Waals surface area contributed by atoms with Gasteiger partial charge in [0.1, 0.15) is 6.61 Å². The normalized spacial score (nSPS) is 36.2. The van der Waals surface area contributed by atoms with E-state index >= 15 is 0 Å². The highest BCUT2D eigenvalue weighted by Gasteiger charge is 2.50. The molecule has 0 heterocycles. The largest absolute Gasteiger partial charge is 0.460 e. The van der Waals surface area contributed by atoms with E-state index in [-0.39, 0.29) is 37.4 Å². The molecule has 4 bridgehead atoms. The quantitative estimate of drug-likeness (QED) is 0.219. The second-order valence-corrected chi connectivity index (χ2v) is 10.6. The molecule has 0 atom stereocenters. The van der Waals surface area contributed by atoms with E-state index in [1.165, 1.54) is 38.5 Å². The lowest BCUT2D eigenvalue weighted by Crippen LogP contribution is -2.48. The molecule has 6 heteroatoms. The summed E-state index contributed by atoms with van der Waals surface area (Å²) in [5.74, 6) is 2.14. The van der Waals surface area contributed by atoms with Crippen LogP contribution in [0.25, 0.3) is 0 Å². The third kappa shape index (κ3) is 5.89. The van der Waals surface area contributed by atoms with Gasteiger partial charge in [-0.2, -0.15) is 0 Å². The Hall–Kier alpha value is -1.40. The first-order valence-electron chi connectivity index (χ1n) is 12.1. The molecule has 0 saturated heterocycles. The minimum absolute atomic E-state index is 0.0655. The first-order chi connectivity index (χ1) is 14.9. The summed E-state index contributed by atoms with van der Waals surface area (Å²) in [6.07, 6.45) is 11.5. The standard InChI is InChI=1S/C25H38O6/c1-17(2)23(26)30-8-7-29-22-5-3-21(4-6-22)24(27)31-16-28-15-25-12-18-9-19(13-25)11-20(10-18)14-25/h18-22H,1,3-16H2,2H3. The van der Waals surface area contributed by atoms with E-state index in [0.717, 1.165) is 50.0 Å². The maximum Gasteiger partial charge on any atom is 0.333 e. The second-order valence-electron chi connectivity index (χ2n) is 10.6. The van der Waals surface area contributed by atoms with Gasteiger partial charge in [-0.05, 0) is 94.3 Å². The lowest BCUT2D eigenvalue weighted by molar-refractivity contribution is -0.172. The maximum absolute atomic E-state index is 12.4. The van der Waals surface area contributed by atoms with Crippen molar-refractivity contribution in [3.8, 4) is 0 Å². The molecule has 0 radical (unpaired) electrons. The summed E-state index contributed by atoms with van der Waals surface area (Å²) >= 11 is 0. The molecular weight excluding hydrogens is 396 g/mol. The minimum atomic E-state index is -0.388. The average Bonchev–Trinajstić information content (AvgIpc) is 2.73. The highest BCUT2D eigenvalue weighted by atomic mass is 16.7. The van der Waals surface area contributed by atoms with Crippen LogP contribution in [0.15, 0.2) is 12.2 Å². The summed E-state index contributed by atoms with van der Waals surface area (Å²) < 4.78 is 22.2. The first-order valence-corrected chi connectivity index (χ1v) is 12.1. The van der Waals surface area contributed by atoms with E-state index in [1.807, 2.05) is 0 Å². The fourth-order valence-electron chi connectivity index (χ4n) is 6.88. The molecule has 0 spiro atoms. The number of hydrogen-bond donors (Lipinski definition) is 0. The summed E-state index contributed by atoms with van der Waals surface area (Å²) in [6, 6.07) is 0. The van der Waals surface area contributed by atoms with Gasteiger partial charge >= 0.3 is 11.9 Å². The van der Waals surface area contributed by atoms with Gasteiger partial charge in [0.25, 0.3) is 0 Å². The van der Waals surface area contributed by atoms with Crippen molar-refractivity contribution < 1.29 is 28.5 Å². The van der Waals surface area contributed by atoms with Gasteiger partial charge in [0.2, 0.25) is 0 Å². The summed E-state index contributed by atoms with van der Waals surface area (Å²) in [5, 5.41) is 0. The van der Waals surface area contributed by atoms with Crippen molar-refractivity contribution in [3.63, 3.8) is 0 Å². The van der Waals surface area contributed by atoms with Crippen LogP contribution >= 0.6 is 0 Å². The number of rotatable bonds is 10. The van der Waals surface area contributed by atoms with E-state index in [4.69, 9.17) is 18.9 Å². The molecule has 5 rings (SSSR count). The Morgan fingerprint density at radius 2 is 1.52 bits per heavy atom. The molecule has 0 aromatic carbocycles. The molecule has 5 saturated carbocycles. The van der Waals surface area contributed by atoms with Crippen molar-refractivity contribution in [3.05, 3.63) is 12.2 Å². The fourth-order valence-corrected chi connectivity index (χ4v) is 6.88. The molecule has 0 amide bonds. The summed E-state index contributed by atoms with van der Waals surface area (Å²) in [7, 11) is 0. The van der Waals surface area contributed by atoms with Gasteiger partial charge < -0.3 is 18.9 Å². The van der Waals surface area contributed by atoms with Gasteiger partial charge in [-0.3, -0.25) is 4.79 Å². The Bertz CT molecular complexity index is 628. The lowest BCUT2D eigenvalue weighted by Gasteiger charge is -2.56. The third-order valence-electron chi connectivity index (χ3n) is 7.88. The zero-order valence-corrected chi connectivity index (χ0v) is 18.9. The minimum Gasteiger partial charge on any atom is -0.460 e. The summed E-state index contributed by atoms with van der Waals surface area (Å²) in [4.78, 5) is 23.8. The molecule has 31 heavy (non-hydrogen) atoms. The van der Waals surface area contributed by atoms with E-state index in [0.29, 0.717) is 17.6 Å². The van der Waals surface area contributed by atoms with Crippen molar-refractivity contribution >= 4 is 11.9 Å². The van der Waals surface area contributed by atoms with E-state index in [9.17, 15) is 9.59 Å². The van der Waals surface area contributed by atoms with Crippen molar-refractivity contribution in [2.45, 2.75) is 77.2 Å². The van der Waals surface area contributed by atoms with Gasteiger partial charge in [0, 0.05) is 5.57 Å².